The molecule has 3 aromatic carbocycles. The predicted molar refractivity (Wildman–Crippen MR) is 148 cm³/mol. The molecule has 0 aromatic heterocycles. The van der Waals surface area contributed by atoms with Crippen LogP contribution in [-0.2, 0) is 9.59 Å². The van der Waals surface area contributed by atoms with E-state index in [9.17, 15) is 18.4 Å². The van der Waals surface area contributed by atoms with Crippen LogP contribution in [0.4, 0.5) is 25.8 Å². The van der Waals surface area contributed by atoms with Crippen LogP contribution >= 0.6 is 0 Å². The molecule has 1 aliphatic heterocycles. The Labute approximate surface area is 221 Å². The topological polar surface area (TPSA) is 87.5 Å². The SMILES string of the molecule is CC(C)(C)N1CC(C(=O)Nc2ccc(F)c(F)c2)C(c2ccc(/C=C/C(=O)Nc3ccccc3N)cc2)C1. The van der Waals surface area contributed by atoms with Gasteiger partial charge >= 0.3 is 0 Å². The molecular formula is C30H32F2N4O2. The highest BCUT2D eigenvalue weighted by molar-refractivity contribution is 6.03. The van der Waals surface area contributed by atoms with Gasteiger partial charge in [-0.05, 0) is 62.2 Å². The maximum absolute atomic E-state index is 13.7. The Kier molecular flexibility index (Phi) is 7.92. The number of rotatable bonds is 6. The monoisotopic (exact) mass is 518 g/mol. The van der Waals surface area contributed by atoms with E-state index in [-0.39, 0.29) is 34.9 Å². The average molecular weight is 519 g/mol. The molecule has 6 nitrogen and oxygen atoms in total. The van der Waals surface area contributed by atoms with E-state index < -0.39 is 11.6 Å². The van der Waals surface area contributed by atoms with E-state index in [0.717, 1.165) is 23.3 Å². The van der Waals surface area contributed by atoms with Crippen LogP contribution in [0.3, 0.4) is 0 Å². The van der Waals surface area contributed by atoms with Crippen LogP contribution in [0.25, 0.3) is 6.08 Å². The van der Waals surface area contributed by atoms with Crippen molar-refractivity contribution in [3.63, 3.8) is 0 Å². The summed E-state index contributed by atoms with van der Waals surface area (Å²) in [7, 11) is 0. The molecule has 1 aliphatic rings. The number of likely N-dealkylation sites (tertiary alicyclic amines) is 1. The van der Waals surface area contributed by atoms with E-state index in [1.807, 2.05) is 24.3 Å². The Hall–Kier alpha value is -4.04. The largest absolute Gasteiger partial charge is 0.397 e. The number of hydrogen-bond acceptors (Lipinski definition) is 4. The predicted octanol–water partition coefficient (Wildman–Crippen LogP) is 5.65. The number of amides is 2. The number of benzene rings is 3. The maximum Gasteiger partial charge on any atom is 0.248 e. The van der Waals surface area contributed by atoms with Gasteiger partial charge in [-0.15, -0.1) is 0 Å². The summed E-state index contributed by atoms with van der Waals surface area (Å²) in [5.74, 6) is -2.98. The second kappa shape index (κ2) is 11.1. The van der Waals surface area contributed by atoms with Crippen molar-refractivity contribution in [2.45, 2.75) is 32.2 Å². The minimum absolute atomic E-state index is 0.0955. The fourth-order valence-electron chi connectivity index (χ4n) is 4.58. The number of nitrogens with one attached hydrogen (secondary N) is 2. The summed E-state index contributed by atoms with van der Waals surface area (Å²) < 4.78 is 27.0. The molecule has 0 radical (unpaired) electrons. The lowest BCUT2D eigenvalue weighted by Crippen LogP contribution is -2.40. The number of carbonyl (C=O) groups excluding carboxylic acids is 2. The normalized spacial score (nSPS) is 18.0. The van der Waals surface area contributed by atoms with Gasteiger partial charge in [0.2, 0.25) is 11.8 Å². The van der Waals surface area contributed by atoms with Gasteiger partial charge in [0.15, 0.2) is 11.6 Å². The van der Waals surface area contributed by atoms with Crippen LogP contribution in [0.15, 0.2) is 72.8 Å². The average Bonchev–Trinajstić information content (AvgIpc) is 3.33. The van der Waals surface area contributed by atoms with Gasteiger partial charge in [-0.2, -0.15) is 0 Å². The van der Waals surface area contributed by atoms with E-state index in [1.54, 1.807) is 30.3 Å². The number of carbonyl (C=O) groups is 2. The minimum atomic E-state index is -1.01. The van der Waals surface area contributed by atoms with E-state index >= 15 is 0 Å². The van der Waals surface area contributed by atoms with Crippen molar-refractivity contribution in [1.29, 1.82) is 0 Å². The first kappa shape index (κ1) is 27.0. The summed E-state index contributed by atoms with van der Waals surface area (Å²) in [5.41, 5.74) is 8.81. The third-order valence-corrected chi connectivity index (χ3v) is 6.80. The van der Waals surface area contributed by atoms with Gasteiger partial charge in [-0.3, -0.25) is 14.5 Å². The number of nitrogens with two attached hydrogens (primary N) is 1. The molecule has 2 atom stereocenters. The maximum atomic E-state index is 13.7. The first-order chi connectivity index (χ1) is 18.0. The molecular weight excluding hydrogens is 486 g/mol. The lowest BCUT2D eigenvalue weighted by atomic mass is 9.88. The van der Waals surface area contributed by atoms with Gasteiger partial charge in [0.1, 0.15) is 0 Å². The van der Waals surface area contributed by atoms with Gasteiger partial charge in [-0.1, -0.05) is 36.4 Å². The van der Waals surface area contributed by atoms with Crippen molar-refractivity contribution < 1.29 is 18.4 Å². The molecule has 1 fully saturated rings. The Bertz CT molecular complexity index is 1350. The molecule has 0 aliphatic carbocycles. The van der Waals surface area contributed by atoms with E-state index in [1.165, 1.54) is 12.1 Å². The molecule has 198 valence electrons. The molecule has 3 aromatic rings. The molecule has 0 saturated carbocycles. The van der Waals surface area contributed by atoms with Crippen LogP contribution < -0.4 is 16.4 Å². The highest BCUT2D eigenvalue weighted by Gasteiger charge is 2.42. The lowest BCUT2D eigenvalue weighted by Gasteiger charge is -2.31. The van der Waals surface area contributed by atoms with Gasteiger partial charge < -0.3 is 16.4 Å². The van der Waals surface area contributed by atoms with Crippen molar-refractivity contribution in [2.75, 3.05) is 29.5 Å². The quantitative estimate of drug-likeness (QED) is 0.291. The zero-order valence-corrected chi connectivity index (χ0v) is 21.7. The summed E-state index contributed by atoms with van der Waals surface area (Å²) in [6.07, 6.45) is 3.15. The summed E-state index contributed by atoms with van der Waals surface area (Å²) >= 11 is 0. The zero-order valence-electron chi connectivity index (χ0n) is 21.7. The van der Waals surface area contributed by atoms with Gasteiger partial charge in [-0.25, -0.2) is 8.78 Å². The third kappa shape index (κ3) is 6.44. The third-order valence-electron chi connectivity index (χ3n) is 6.80. The Balaban J connectivity index is 1.48. The molecule has 8 heteroatoms. The van der Waals surface area contributed by atoms with Crippen LogP contribution in [0.1, 0.15) is 37.8 Å². The summed E-state index contributed by atoms with van der Waals surface area (Å²) in [6, 6.07) is 18.1. The van der Waals surface area contributed by atoms with Gasteiger partial charge in [0.05, 0.1) is 17.3 Å². The fourth-order valence-corrected chi connectivity index (χ4v) is 4.58. The zero-order chi connectivity index (χ0) is 27.4. The second-order valence-electron chi connectivity index (χ2n) is 10.5. The fraction of sp³-hybridized carbons (Fsp3) is 0.267. The number of halogens is 2. The molecule has 4 N–H and O–H groups in total. The van der Waals surface area contributed by atoms with Crippen molar-refractivity contribution >= 4 is 35.0 Å². The summed E-state index contributed by atoms with van der Waals surface area (Å²) in [4.78, 5) is 27.8. The van der Waals surface area contributed by atoms with Gasteiger partial charge in [0, 0.05) is 42.4 Å². The highest BCUT2D eigenvalue weighted by atomic mass is 19.2. The lowest BCUT2D eigenvalue weighted by molar-refractivity contribution is -0.120. The minimum Gasteiger partial charge on any atom is -0.397 e. The molecule has 0 bridgehead atoms. The molecule has 1 heterocycles. The van der Waals surface area contributed by atoms with Crippen LogP contribution in [0, 0.1) is 17.6 Å². The van der Waals surface area contributed by atoms with E-state index in [0.29, 0.717) is 24.5 Å². The molecule has 4 rings (SSSR count). The van der Waals surface area contributed by atoms with Crippen LogP contribution in [-0.4, -0.2) is 35.3 Å². The number of nitrogen functional groups attached to an aromatic ring is 1. The summed E-state index contributed by atoms with van der Waals surface area (Å²) in [5, 5.41) is 5.51. The smallest absolute Gasteiger partial charge is 0.248 e. The van der Waals surface area contributed by atoms with E-state index in [4.69, 9.17) is 5.73 Å². The Morgan fingerprint density at radius 2 is 1.66 bits per heavy atom. The van der Waals surface area contributed by atoms with Crippen molar-refractivity contribution in [3.8, 4) is 0 Å². The summed E-state index contributed by atoms with van der Waals surface area (Å²) in [6.45, 7) is 7.51. The number of anilines is 3. The molecule has 2 amide bonds. The number of hydrogen-bond donors (Lipinski definition) is 3. The van der Waals surface area contributed by atoms with Crippen molar-refractivity contribution in [3.05, 3.63) is 95.6 Å². The molecule has 1 saturated heterocycles. The van der Waals surface area contributed by atoms with Crippen LogP contribution in [0.2, 0.25) is 0 Å². The molecule has 0 spiro atoms. The first-order valence-corrected chi connectivity index (χ1v) is 12.5. The van der Waals surface area contributed by atoms with Crippen molar-refractivity contribution in [2.24, 2.45) is 5.92 Å². The Morgan fingerprint density at radius 1 is 0.947 bits per heavy atom. The Morgan fingerprint density at radius 3 is 2.32 bits per heavy atom. The number of nitrogens with zero attached hydrogens (tertiary/aromatic N) is 1. The van der Waals surface area contributed by atoms with E-state index in [2.05, 4.69) is 36.3 Å². The standard InChI is InChI=1S/C30H32F2N4O2/c1-30(2,3)36-17-22(23(18-36)29(38)34-21-13-14-24(31)25(32)16-21)20-11-8-19(9-12-20)10-15-28(37)35-27-7-5-4-6-26(27)33/h4-16,22-23H,17-18,33H2,1-3H3,(H,34,38)(H,35,37)/b15-10+. The highest BCUT2D eigenvalue weighted by Crippen LogP contribution is 2.37. The number of para-hydroxylation sites is 2. The van der Waals surface area contributed by atoms with Gasteiger partial charge in [0.25, 0.3) is 0 Å². The van der Waals surface area contributed by atoms with Crippen molar-refractivity contribution in [1.82, 2.24) is 4.90 Å². The first-order valence-electron chi connectivity index (χ1n) is 12.5. The molecule has 2 unspecified atom stereocenters. The molecule has 38 heavy (non-hydrogen) atoms. The second-order valence-corrected chi connectivity index (χ2v) is 10.5. The van der Waals surface area contributed by atoms with Crippen LogP contribution in [0.5, 0.6) is 0 Å².